The maximum Gasteiger partial charge on any atom is 0.339 e. The molecule has 0 aliphatic heterocycles. The van der Waals surface area contributed by atoms with Crippen molar-refractivity contribution in [3.63, 3.8) is 0 Å². The van der Waals surface area contributed by atoms with Crippen LogP contribution in [0.1, 0.15) is 21.1 Å². The topological polar surface area (TPSA) is 68.3 Å². The number of halogens is 1. The summed E-state index contributed by atoms with van der Waals surface area (Å²) >= 11 is 9.10. The Morgan fingerprint density at radius 1 is 1.18 bits per heavy atom. The van der Waals surface area contributed by atoms with Crippen LogP contribution in [0.2, 0.25) is 5.02 Å². The number of amides is 1. The summed E-state index contributed by atoms with van der Waals surface area (Å²) in [7, 11) is 0. The van der Waals surface area contributed by atoms with Gasteiger partial charge in [0.25, 0.3) is 5.91 Å². The number of carbonyl (C=O) groups excluding carboxylic acids is 2. The van der Waals surface area contributed by atoms with Crippen molar-refractivity contribution in [1.82, 2.24) is 4.98 Å². The van der Waals surface area contributed by atoms with Crippen LogP contribution in [-0.2, 0) is 15.3 Å². The second-order valence-electron chi connectivity index (χ2n) is 5.75. The van der Waals surface area contributed by atoms with Crippen LogP contribution in [0.4, 0.5) is 5.69 Å². The number of aryl methyl sites for hydroxylation is 1. The Bertz CT molecular complexity index is 991. The third-order valence-electron chi connectivity index (χ3n) is 3.63. The van der Waals surface area contributed by atoms with Crippen LogP contribution in [0, 0.1) is 6.92 Å². The number of aromatic nitrogens is 1. The first-order chi connectivity index (χ1) is 13.5. The molecule has 3 aromatic rings. The summed E-state index contributed by atoms with van der Waals surface area (Å²) in [6.45, 7) is 1.56. The van der Waals surface area contributed by atoms with E-state index in [0.29, 0.717) is 22.0 Å². The number of rotatable bonds is 7. The summed E-state index contributed by atoms with van der Waals surface area (Å²) in [5.74, 6) is -0.349. The molecule has 1 N–H and O–H groups in total. The van der Waals surface area contributed by atoms with Crippen LogP contribution in [-0.4, -0.2) is 23.5 Å². The standard InChI is InChI=1S/C20H17ClN2O3S2/c1-13-22-14(11-27-13)12-28-18-9-5-2-6-15(18)20(25)26-10-19(24)23-17-8-4-3-7-16(17)21/h2-9,11H,10,12H2,1H3,(H,23,24). The molecule has 0 bridgehead atoms. The first-order valence-electron chi connectivity index (χ1n) is 8.37. The first kappa shape index (κ1) is 20.4. The number of esters is 1. The Morgan fingerprint density at radius 2 is 1.93 bits per heavy atom. The fraction of sp³-hybridized carbons (Fsp3) is 0.150. The Kier molecular flexibility index (Phi) is 7.08. The molecule has 0 spiro atoms. The molecule has 3 rings (SSSR count). The fourth-order valence-corrected chi connectivity index (χ4v) is 4.18. The van der Waals surface area contributed by atoms with Crippen molar-refractivity contribution in [3.8, 4) is 0 Å². The van der Waals surface area contributed by atoms with Gasteiger partial charge in [0, 0.05) is 16.0 Å². The van der Waals surface area contributed by atoms with Gasteiger partial charge in [-0.05, 0) is 31.2 Å². The zero-order chi connectivity index (χ0) is 19.9. The third kappa shape index (κ3) is 5.58. The molecule has 0 aliphatic carbocycles. The minimum Gasteiger partial charge on any atom is -0.452 e. The highest BCUT2D eigenvalue weighted by Gasteiger charge is 2.15. The van der Waals surface area contributed by atoms with Crippen LogP contribution in [0.3, 0.4) is 0 Å². The molecule has 144 valence electrons. The van der Waals surface area contributed by atoms with Crippen LogP contribution in [0.25, 0.3) is 0 Å². The molecule has 0 atom stereocenters. The summed E-state index contributed by atoms with van der Waals surface area (Å²) in [6, 6.07) is 14.0. The molecule has 0 aliphatic rings. The molecule has 2 aromatic carbocycles. The second kappa shape index (κ2) is 9.73. The van der Waals surface area contributed by atoms with Gasteiger partial charge in [0.05, 0.1) is 27.0 Å². The van der Waals surface area contributed by atoms with Crippen molar-refractivity contribution in [1.29, 1.82) is 0 Å². The third-order valence-corrected chi connectivity index (χ3v) is 5.89. The van der Waals surface area contributed by atoms with Crippen LogP contribution >= 0.6 is 34.7 Å². The molecule has 28 heavy (non-hydrogen) atoms. The number of hydrogen-bond acceptors (Lipinski definition) is 6. The van der Waals surface area contributed by atoms with Gasteiger partial charge in [-0.3, -0.25) is 4.79 Å². The number of ether oxygens (including phenoxy) is 1. The summed E-state index contributed by atoms with van der Waals surface area (Å²) < 4.78 is 5.18. The van der Waals surface area contributed by atoms with Gasteiger partial charge in [-0.25, -0.2) is 9.78 Å². The minimum atomic E-state index is -0.549. The number of thioether (sulfide) groups is 1. The van der Waals surface area contributed by atoms with E-state index in [1.54, 1.807) is 47.7 Å². The zero-order valence-corrected chi connectivity index (χ0v) is 17.4. The number of carbonyl (C=O) groups is 2. The van der Waals surface area contributed by atoms with E-state index >= 15 is 0 Å². The van der Waals surface area contributed by atoms with Gasteiger partial charge in [-0.2, -0.15) is 0 Å². The van der Waals surface area contributed by atoms with E-state index in [4.69, 9.17) is 16.3 Å². The largest absolute Gasteiger partial charge is 0.452 e. The van der Waals surface area contributed by atoms with Crippen LogP contribution in [0.5, 0.6) is 0 Å². The van der Waals surface area contributed by atoms with Gasteiger partial charge in [0.1, 0.15) is 0 Å². The van der Waals surface area contributed by atoms with E-state index < -0.39 is 18.5 Å². The zero-order valence-electron chi connectivity index (χ0n) is 15.0. The molecular formula is C20H17ClN2O3S2. The van der Waals surface area contributed by atoms with Crippen molar-refractivity contribution in [3.05, 3.63) is 75.2 Å². The SMILES string of the molecule is Cc1nc(CSc2ccccc2C(=O)OCC(=O)Nc2ccccc2Cl)cs1. The predicted molar refractivity (Wildman–Crippen MR) is 113 cm³/mol. The first-order valence-corrected chi connectivity index (χ1v) is 10.6. The molecule has 0 unspecified atom stereocenters. The average Bonchev–Trinajstić information content (AvgIpc) is 3.12. The number of hydrogen-bond donors (Lipinski definition) is 1. The second-order valence-corrected chi connectivity index (χ2v) is 8.23. The number of anilines is 1. The molecule has 5 nitrogen and oxygen atoms in total. The Morgan fingerprint density at radius 3 is 2.68 bits per heavy atom. The highest BCUT2D eigenvalue weighted by Crippen LogP contribution is 2.27. The number of thiazole rings is 1. The van der Waals surface area contributed by atoms with Crippen molar-refractivity contribution < 1.29 is 14.3 Å². The van der Waals surface area contributed by atoms with Gasteiger partial charge >= 0.3 is 5.97 Å². The van der Waals surface area contributed by atoms with E-state index in [2.05, 4.69) is 10.3 Å². The van der Waals surface area contributed by atoms with E-state index in [1.807, 2.05) is 24.4 Å². The van der Waals surface area contributed by atoms with Gasteiger partial charge in [-0.15, -0.1) is 23.1 Å². The van der Waals surface area contributed by atoms with Crippen molar-refractivity contribution in [2.75, 3.05) is 11.9 Å². The summed E-state index contributed by atoms with van der Waals surface area (Å²) in [4.78, 5) is 29.7. The van der Waals surface area contributed by atoms with E-state index in [-0.39, 0.29) is 0 Å². The van der Waals surface area contributed by atoms with Crippen molar-refractivity contribution in [2.45, 2.75) is 17.6 Å². The van der Waals surface area contributed by atoms with Crippen molar-refractivity contribution in [2.24, 2.45) is 0 Å². The lowest BCUT2D eigenvalue weighted by atomic mass is 10.2. The lowest BCUT2D eigenvalue weighted by Gasteiger charge is -2.10. The van der Waals surface area contributed by atoms with Crippen LogP contribution in [0.15, 0.2) is 58.8 Å². The molecule has 1 aromatic heterocycles. The van der Waals surface area contributed by atoms with Gasteiger partial charge < -0.3 is 10.1 Å². The molecule has 0 radical (unpaired) electrons. The molecule has 1 amide bonds. The minimum absolute atomic E-state index is 0.395. The smallest absolute Gasteiger partial charge is 0.339 e. The summed E-state index contributed by atoms with van der Waals surface area (Å²) in [5, 5.41) is 6.05. The Hall–Kier alpha value is -2.35. The van der Waals surface area contributed by atoms with Gasteiger partial charge in [0.2, 0.25) is 0 Å². The number of nitrogens with zero attached hydrogens (tertiary/aromatic N) is 1. The summed E-state index contributed by atoms with van der Waals surface area (Å²) in [6.07, 6.45) is 0. The van der Waals surface area contributed by atoms with Gasteiger partial charge in [-0.1, -0.05) is 35.9 Å². The van der Waals surface area contributed by atoms with E-state index in [0.717, 1.165) is 15.6 Å². The monoisotopic (exact) mass is 432 g/mol. The van der Waals surface area contributed by atoms with Crippen LogP contribution < -0.4 is 5.32 Å². The normalized spacial score (nSPS) is 10.5. The average molecular weight is 433 g/mol. The molecule has 0 fully saturated rings. The number of para-hydroxylation sites is 1. The number of nitrogens with one attached hydrogen (secondary N) is 1. The highest BCUT2D eigenvalue weighted by molar-refractivity contribution is 7.98. The maximum atomic E-state index is 12.4. The predicted octanol–water partition coefficient (Wildman–Crippen LogP) is 5.19. The summed E-state index contributed by atoms with van der Waals surface area (Å²) in [5.41, 5.74) is 1.86. The molecular weight excluding hydrogens is 416 g/mol. The lowest BCUT2D eigenvalue weighted by Crippen LogP contribution is -2.21. The molecule has 0 saturated carbocycles. The molecule has 1 heterocycles. The highest BCUT2D eigenvalue weighted by atomic mass is 35.5. The van der Waals surface area contributed by atoms with Gasteiger partial charge in [0.15, 0.2) is 6.61 Å². The Balaban J connectivity index is 1.58. The fourth-order valence-electron chi connectivity index (χ4n) is 2.35. The van der Waals surface area contributed by atoms with E-state index in [9.17, 15) is 9.59 Å². The Labute approximate surface area is 176 Å². The maximum absolute atomic E-state index is 12.4. The molecule has 0 saturated heterocycles. The number of benzene rings is 2. The van der Waals surface area contributed by atoms with Crippen molar-refractivity contribution >= 4 is 52.3 Å². The molecule has 8 heteroatoms. The lowest BCUT2D eigenvalue weighted by molar-refractivity contribution is -0.119. The quantitative estimate of drug-likeness (QED) is 0.411. The van der Waals surface area contributed by atoms with E-state index in [1.165, 1.54) is 11.8 Å².